The number of ether oxygens (including phenoxy) is 2. The number of likely N-dealkylation sites (tertiary alicyclic amines) is 1. The van der Waals surface area contributed by atoms with Gasteiger partial charge in [0.25, 0.3) is 0 Å². The van der Waals surface area contributed by atoms with Crippen LogP contribution in [0.25, 0.3) is 0 Å². The van der Waals surface area contributed by atoms with Crippen LogP contribution >= 0.6 is 0 Å². The number of alkyl carbamates (subject to hydrolysis) is 1. The molecule has 2 heterocycles. The molecular formula is C20H29N3O4. The molecule has 2 fully saturated rings. The van der Waals surface area contributed by atoms with Crippen LogP contribution in [-0.4, -0.2) is 47.8 Å². The molecule has 1 aromatic heterocycles. The van der Waals surface area contributed by atoms with E-state index in [1.54, 1.807) is 4.90 Å². The Morgan fingerprint density at radius 1 is 1.15 bits per heavy atom. The normalized spacial score (nSPS) is 22.3. The van der Waals surface area contributed by atoms with Crippen LogP contribution in [0, 0.1) is 12.8 Å². The van der Waals surface area contributed by atoms with E-state index in [0.29, 0.717) is 12.5 Å². The van der Waals surface area contributed by atoms with Crippen LogP contribution in [-0.2, 0) is 16.1 Å². The molecule has 0 radical (unpaired) electrons. The van der Waals surface area contributed by atoms with Crippen LogP contribution in [0.4, 0.5) is 9.59 Å². The summed E-state index contributed by atoms with van der Waals surface area (Å²) < 4.78 is 10.7. The Bertz CT molecular complexity index is 638. The summed E-state index contributed by atoms with van der Waals surface area (Å²) in [6.07, 6.45) is 5.20. The molecule has 0 bridgehead atoms. The van der Waals surface area contributed by atoms with Gasteiger partial charge in [-0.25, -0.2) is 9.59 Å². The lowest BCUT2D eigenvalue weighted by atomic mass is 9.86. The van der Waals surface area contributed by atoms with Crippen LogP contribution < -0.4 is 5.32 Å². The van der Waals surface area contributed by atoms with Crippen LogP contribution in [0.1, 0.15) is 49.9 Å². The lowest BCUT2D eigenvalue weighted by molar-refractivity contribution is 0.0831. The maximum Gasteiger partial charge on any atom is 0.409 e. The predicted octanol–water partition coefficient (Wildman–Crippen LogP) is 3.41. The highest BCUT2D eigenvalue weighted by Crippen LogP contribution is 2.25. The number of carbonyl (C=O) groups excluding carboxylic acids is 2. The van der Waals surface area contributed by atoms with Crippen molar-refractivity contribution in [2.45, 2.75) is 58.1 Å². The second-order valence-electron chi connectivity index (χ2n) is 7.48. The molecule has 0 unspecified atom stereocenters. The van der Waals surface area contributed by atoms with Crippen molar-refractivity contribution in [2.75, 3.05) is 19.7 Å². The Hall–Kier alpha value is -2.31. The van der Waals surface area contributed by atoms with Crippen LogP contribution in [0.15, 0.2) is 18.2 Å². The maximum atomic E-state index is 12.0. The second-order valence-corrected chi connectivity index (χ2v) is 7.48. The van der Waals surface area contributed by atoms with Gasteiger partial charge >= 0.3 is 12.2 Å². The average Bonchev–Trinajstić information content (AvgIpc) is 3.21. The molecule has 7 heteroatoms. The molecule has 3 rings (SSSR count). The van der Waals surface area contributed by atoms with Crippen molar-refractivity contribution in [3.8, 4) is 0 Å². The first kappa shape index (κ1) is 19.5. The highest BCUT2D eigenvalue weighted by Gasteiger charge is 2.25. The van der Waals surface area contributed by atoms with Gasteiger partial charge in [-0.3, -0.25) is 4.98 Å². The minimum atomic E-state index is -0.401. The molecule has 1 aliphatic heterocycles. The molecule has 1 N–H and O–H groups in total. The molecule has 1 saturated heterocycles. The van der Waals surface area contributed by atoms with Gasteiger partial charge in [-0.15, -0.1) is 0 Å². The molecule has 2 amide bonds. The number of amides is 2. The van der Waals surface area contributed by atoms with Gasteiger partial charge < -0.3 is 19.7 Å². The quantitative estimate of drug-likeness (QED) is 0.853. The molecule has 1 aromatic rings. The Kier molecular flexibility index (Phi) is 6.90. The van der Waals surface area contributed by atoms with E-state index in [-0.39, 0.29) is 18.7 Å². The van der Waals surface area contributed by atoms with E-state index in [1.807, 2.05) is 25.1 Å². The summed E-state index contributed by atoms with van der Waals surface area (Å²) in [6.45, 7) is 4.19. The number of hydrogen-bond acceptors (Lipinski definition) is 5. The molecule has 27 heavy (non-hydrogen) atoms. The molecule has 0 spiro atoms. The number of aromatic nitrogens is 1. The summed E-state index contributed by atoms with van der Waals surface area (Å²) in [4.78, 5) is 30.0. The van der Waals surface area contributed by atoms with Crippen molar-refractivity contribution in [2.24, 2.45) is 5.92 Å². The fraction of sp³-hybridized carbons (Fsp3) is 0.650. The van der Waals surface area contributed by atoms with E-state index in [2.05, 4.69) is 10.3 Å². The Balaban J connectivity index is 1.30. The molecule has 1 aliphatic carbocycles. The summed E-state index contributed by atoms with van der Waals surface area (Å²) in [5.74, 6) is 0.377. The third-order valence-electron chi connectivity index (χ3n) is 5.27. The number of rotatable bonds is 5. The molecule has 0 atom stereocenters. The number of hydrogen-bond donors (Lipinski definition) is 1. The van der Waals surface area contributed by atoms with Crippen molar-refractivity contribution in [1.82, 2.24) is 15.2 Å². The van der Waals surface area contributed by atoms with Crippen molar-refractivity contribution in [3.63, 3.8) is 0 Å². The van der Waals surface area contributed by atoms with E-state index in [1.165, 1.54) is 0 Å². The molecule has 2 aliphatic rings. The zero-order valence-corrected chi connectivity index (χ0v) is 16.0. The fourth-order valence-corrected chi connectivity index (χ4v) is 3.68. The summed E-state index contributed by atoms with van der Waals surface area (Å²) >= 11 is 0. The minimum absolute atomic E-state index is 0.119. The number of carbonyl (C=O) groups is 2. The van der Waals surface area contributed by atoms with Gasteiger partial charge in [-0.1, -0.05) is 6.07 Å². The van der Waals surface area contributed by atoms with E-state index in [4.69, 9.17) is 9.47 Å². The van der Waals surface area contributed by atoms with Gasteiger partial charge in [0.15, 0.2) is 0 Å². The maximum absolute atomic E-state index is 12.0. The number of aryl methyl sites for hydroxylation is 1. The lowest BCUT2D eigenvalue weighted by Crippen LogP contribution is -2.39. The van der Waals surface area contributed by atoms with Gasteiger partial charge in [-0.05, 0) is 63.5 Å². The zero-order valence-electron chi connectivity index (χ0n) is 16.0. The summed E-state index contributed by atoms with van der Waals surface area (Å²) in [6, 6.07) is 5.77. The summed E-state index contributed by atoms with van der Waals surface area (Å²) in [7, 11) is 0. The molecule has 0 aromatic carbocycles. The first-order valence-electron chi connectivity index (χ1n) is 9.87. The lowest BCUT2D eigenvalue weighted by Gasteiger charge is -2.29. The fourth-order valence-electron chi connectivity index (χ4n) is 3.68. The molecular weight excluding hydrogens is 346 g/mol. The van der Waals surface area contributed by atoms with E-state index in [9.17, 15) is 9.59 Å². The first-order valence-corrected chi connectivity index (χ1v) is 9.87. The SMILES string of the molecule is Cc1cccc(COC(=O)NC2CCC(COC(=O)N3CCCC3)CC2)n1. The van der Waals surface area contributed by atoms with Crippen molar-refractivity contribution >= 4 is 12.2 Å². The molecule has 148 valence electrons. The van der Waals surface area contributed by atoms with Crippen molar-refractivity contribution in [1.29, 1.82) is 0 Å². The Morgan fingerprint density at radius 2 is 1.89 bits per heavy atom. The van der Waals surface area contributed by atoms with E-state index < -0.39 is 6.09 Å². The predicted molar refractivity (Wildman–Crippen MR) is 100 cm³/mol. The smallest absolute Gasteiger partial charge is 0.409 e. The standard InChI is InChI=1S/C20H29N3O4/c1-15-5-4-6-18(21-15)14-26-19(24)22-17-9-7-16(8-10-17)13-27-20(25)23-11-2-3-12-23/h4-6,16-17H,2-3,7-14H2,1H3,(H,22,24). The van der Waals surface area contributed by atoms with Crippen molar-refractivity contribution in [3.05, 3.63) is 29.6 Å². The van der Waals surface area contributed by atoms with Crippen molar-refractivity contribution < 1.29 is 19.1 Å². The van der Waals surface area contributed by atoms with E-state index >= 15 is 0 Å². The van der Waals surface area contributed by atoms with Crippen LogP contribution in [0.2, 0.25) is 0 Å². The number of pyridine rings is 1. The summed E-state index contributed by atoms with van der Waals surface area (Å²) in [5, 5.41) is 2.93. The Labute approximate surface area is 160 Å². The van der Waals surface area contributed by atoms with E-state index in [0.717, 1.165) is 63.0 Å². The third kappa shape index (κ3) is 6.12. The average molecular weight is 375 g/mol. The monoisotopic (exact) mass is 375 g/mol. The molecule has 7 nitrogen and oxygen atoms in total. The zero-order chi connectivity index (χ0) is 19.1. The summed E-state index contributed by atoms with van der Waals surface area (Å²) in [5.41, 5.74) is 1.65. The highest BCUT2D eigenvalue weighted by atomic mass is 16.6. The minimum Gasteiger partial charge on any atom is -0.449 e. The van der Waals surface area contributed by atoms with Gasteiger partial charge in [0, 0.05) is 24.8 Å². The Morgan fingerprint density at radius 3 is 2.59 bits per heavy atom. The number of nitrogens with one attached hydrogen (secondary N) is 1. The second kappa shape index (κ2) is 9.58. The highest BCUT2D eigenvalue weighted by molar-refractivity contribution is 5.68. The van der Waals surface area contributed by atoms with Gasteiger partial charge in [0.05, 0.1) is 12.3 Å². The van der Waals surface area contributed by atoms with Gasteiger partial charge in [-0.2, -0.15) is 0 Å². The van der Waals surface area contributed by atoms with Crippen LogP contribution in [0.5, 0.6) is 0 Å². The van der Waals surface area contributed by atoms with Crippen LogP contribution in [0.3, 0.4) is 0 Å². The molecule has 1 saturated carbocycles. The van der Waals surface area contributed by atoms with Gasteiger partial charge in [0.2, 0.25) is 0 Å². The number of nitrogens with zero attached hydrogens (tertiary/aromatic N) is 2. The topological polar surface area (TPSA) is 80.8 Å². The third-order valence-corrected chi connectivity index (χ3v) is 5.27. The first-order chi connectivity index (χ1) is 13.1. The van der Waals surface area contributed by atoms with Gasteiger partial charge in [0.1, 0.15) is 6.61 Å². The largest absolute Gasteiger partial charge is 0.449 e.